The van der Waals surface area contributed by atoms with Gasteiger partial charge in [0, 0.05) is 5.33 Å². The van der Waals surface area contributed by atoms with Gasteiger partial charge in [0.2, 0.25) is 0 Å². The van der Waals surface area contributed by atoms with Crippen LogP contribution in [0, 0.1) is 0 Å². The maximum atomic E-state index is 9.14. The van der Waals surface area contributed by atoms with Crippen LogP contribution in [-0.4, -0.2) is 56.1 Å². The van der Waals surface area contributed by atoms with Crippen molar-refractivity contribution in [2.75, 3.05) is 11.2 Å². The van der Waals surface area contributed by atoms with Gasteiger partial charge in [0.1, 0.15) is 12.2 Å². The van der Waals surface area contributed by atoms with Crippen molar-refractivity contribution in [1.29, 1.82) is 0 Å². The van der Waals surface area contributed by atoms with Gasteiger partial charge in [0.05, 0.1) is 18.1 Å². The van der Waals surface area contributed by atoms with Crippen molar-refractivity contribution in [3.05, 3.63) is 0 Å². The molecule has 0 saturated carbocycles. The van der Waals surface area contributed by atoms with Crippen LogP contribution in [0.25, 0.3) is 0 Å². The minimum absolute atomic E-state index is 0.125. The summed E-state index contributed by atoms with van der Waals surface area (Å²) in [6, 6.07) is 0. The van der Waals surface area contributed by atoms with Crippen LogP contribution < -0.4 is 0 Å². The average Bonchev–Trinajstić information content (AvgIpc) is 2.12. The van der Waals surface area contributed by atoms with E-state index in [2.05, 4.69) is 15.9 Å². The van der Waals surface area contributed by atoms with Crippen LogP contribution in [0.15, 0.2) is 0 Å². The quantitative estimate of drug-likeness (QED) is 0.483. The fourth-order valence-corrected chi connectivity index (χ4v) is 1.20. The first-order valence-electron chi connectivity index (χ1n) is 3.38. The van der Waals surface area contributed by atoms with Crippen molar-refractivity contribution in [3.8, 4) is 0 Å². The molecule has 4 N–H and O–H groups in total. The van der Waals surface area contributed by atoms with E-state index >= 15 is 0 Å². The molecule has 0 heterocycles. The predicted molar refractivity (Wildman–Crippen MR) is 48.5 cm³/mol. The Balaban J connectivity index is 3.99. The van der Waals surface area contributed by atoms with E-state index < -0.39 is 24.4 Å². The number of alkyl halides is 2. The Morgan fingerprint density at radius 3 is 1.75 bits per heavy atom. The highest BCUT2D eigenvalue weighted by molar-refractivity contribution is 9.09. The molecule has 0 aromatic heterocycles. The standard InChI is InChI=1S/C6H12BrClO4/c7-1-3(9)5(11)6(12)4(10)2-8/h3-6,9-12H,1-2H2. The van der Waals surface area contributed by atoms with E-state index in [0.717, 1.165) is 0 Å². The van der Waals surface area contributed by atoms with Gasteiger partial charge in [-0.2, -0.15) is 0 Å². The summed E-state index contributed by atoms with van der Waals surface area (Å²) in [5, 5.41) is 36.4. The maximum Gasteiger partial charge on any atom is 0.109 e. The molecule has 0 aromatic carbocycles. The highest BCUT2D eigenvalue weighted by atomic mass is 79.9. The molecule has 0 aromatic rings. The van der Waals surface area contributed by atoms with Crippen molar-refractivity contribution < 1.29 is 20.4 Å². The molecule has 0 aliphatic rings. The SMILES string of the molecule is OC(CCl)C(O)C(O)C(O)CBr. The third-order valence-corrected chi connectivity index (χ3v) is 2.43. The maximum absolute atomic E-state index is 9.14. The number of aliphatic hydroxyl groups is 4. The molecule has 4 atom stereocenters. The Labute approximate surface area is 83.9 Å². The van der Waals surface area contributed by atoms with Crippen molar-refractivity contribution >= 4 is 27.5 Å². The van der Waals surface area contributed by atoms with Crippen LogP contribution in [0.5, 0.6) is 0 Å². The Kier molecular flexibility index (Phi) is 6.43. The Hall–Kier alpha value is 0.610. The lowest BCUT2D eigenvalue weighted by atomic mass is 10.1. The molecule has 0 aliphatic heterocycles. The van der Waals surface area contributed by atoms with Crippen molar-refractivity contribution in [3.63, 3.8) is 0 Å². The molecule has 0 fully saturated rings. The zero-order valence-corrected chi connectivity index (χ0v) is 8.61. The van der Waals surface area contributed by atoms with E-state index in [1.165, 1.54) is 0 Å². The van der Waals surface area contributed by atoms with Gasteiger partial charge >= 0.3 is 0 Å². The third kappa shape index (κ3) is 3.55. The summed E-state index contributed by atoms with van der Waals surface area (Å²) >= 11 is 8.14. The zero-order valence-electron chi connectivity index (χ0n) is 6.27. The molecule has 0 rings (SSSR count). The first-order valence-corrected chi connectivity index (χ1v) is 5.04. The van der Waals surface area contributed by atoms with Gasteiger partial charge in [0.15, 0.2) is 0 Å². The predicted octanol–water partition coefficient (Wildman–Crippen LogP) is -0.936. The van der Waals surface area contributed by atoms with Gasteiger partial charge in [-0.3, -0.25) is 0 Å². The van der Waals surface area contributed by atoms with E-state index in [-0.39, 0.29) is 11.2 Å². The second-order valence-electron chi connectivity index (χ2n) is 2.42. The van der Waals surface area contributed by atoms with E-state index in [1.54, 1.807) is 0 Å². The van der Waals surface area contributed by atoms with Gasteiger partial charge in [-0.1, -0.05) is 15.9 Å². The highest BCUT2D eigenvalue weighted by Gasteiger charge is 2.28. The van der Waals surface area contributed by atoms with Gasteiger partial charge in [-0.15, -0.1) is 11.6 Å². The molecule has 0 bridgehead atoms. The Morgan fingerprint density at radius 2 is 1.42 bits per heavy atom. The van der Waals surface area contributed by atoms with E-state index in [0.29, 0.717) is 0 Å². The molecule has 4 nitrogen and oxygen atoms in total. The second kappa shape index (κ2) is 6.12. The average molecular weight is 264 g/mol. The van der Waals surface area contributed by atoms with Crippen LogP contribution in [0.1, 0.15) is 0 Å². The third-order valence-electron chi connectivity index (χ3n) is 1.45. The summed E-state index contributed by atoms with van der Waals surface area (Å²) < 4.78 is 0. The van der Waals surface area contributed by atoms with E-state index in [4.69, 9.17) is 32.0 Å². The Bertz CT molecular complexity index is 112. The number of halogens is 2. The van der Waals surface area contributed by atoms with E-state index in [1.807, 2.05) is 0 Å². The molecule has 12 heavy (non-hydrogen) atoms. The van der Waals surface area contributed by atoms with Crippen molar-refractivity contribution in [2.24, 2.45) is 0 Å². The molecule has 6 heteroatoms. The number of aliphatic hydroxyl groups excluding tert-OH is 4. The smallest absolute Gasteiger partial charge is 0.109 e. The molecular formula is C6H12BrClO4. The lowest BCUT2D eigenvalue weighted by Crippen LogP contribution is -2.45. The van der Waals surface area contributed by atoms with Crippen LogP contribution in [0.4, 0.5) is 0 Å². The Morgan fingerprint density at radius 1 is 1.00 bits per heavy atom. The van der Waals surface area contributed by atoms with Crippen molar-refractivity contribution in [2.45, 2.75) is 24.4 Å². The second-order valence-corrected chi connectivity index (χ2v) is 3.38. The van der Waals surface area contributed by atoms with Crippen molar-refractivity contribution in [1.82, 2.24) is 0 Å². The number of rotatable bonds is 5. The summed E-state index contributed by atoms with van der Waals surface area (Å²) in [5.74, 6) is -0.187. The first-order chi connectivity index (χ1) is 5.54. The lowest BCUT2D eigenvalue weighted by molar-refractivity contribution is -0.0922. The molecule has 0 radical (unpaired) electrons. The fourth-order valence-electron chi connectivity index (χ4n) is 0.638. The highest BCUT2D eigenvalue weighted by Crippen LogP contribution is 2.07. The fraction of sp³-hybridized carbons (Fsp3) is 1.00. The summed E-state index contributed by atoms with van der Waals surface area (Å²) in [4.78, 5) is 0. The molecule has 0 spiro atoms. The summed E-state index contributed by atoms with van der Waals surface area (Å²) in [6.07, 6.45) is -5.15. The van der Waals surface area contributed by atoms with Crippen LogP contribution in [0.3, 0.4) is 0 Å². The van der Waals surface area contributed by atoms with Gasteiger partial charge in [0.25, 0.3) is 0 Å². The summed E-state index contributed by atoms with van der Waals surface area (Å²) in [6.45, 7) is 0. The molecule has 74 valence electrons. The molecule has 0 amide bonds. The lowest BCUT2D eigenvalue weighted by Gasteiger charge is -2.24. The minimum atomic E-state index is -1.42. The summed E-state index contributed by atoms with van der Waals surface area (Å²) in [5.41, 5.74) is 0. The largest absolute Gasteiger partial charge is 0.389 e. The first kappa shape index (κ1) is 12.6. The van der Waals surface area contributed by atoms with Gasteiger partial charge in [-0.25, -0.2) is 0 Å². The van der Waals surface area contributed by atoms with Crippen LogP contribution in [0.2, 0.25) is 0 Å². The molecule has 0 saturated heterocycles. The topological polar surface area (TPSA) is 80.9 Å². The minimum Gasteiger partial charge on any atom is -0.389 e. The van der Waals surface area contributed by atoms with Gasteiger partial charge in [-0.05, 0) is 0 Å². The molecular weight excluding hydrogens is 251 g/mol. The number of hydrogen-bond donors (Lipinski definition) is 4. The van der Waals surface area contributed by atoms with Gasteiger partial charge < -0.3 is 20.4 Å². The number of hydrogen-bond acceptors (Lipinski definition) is 4. The van der Waals surface area contributed by atoms with Crippen LogP contribution >= 0.6 is 27.5 Å². The molecule has 0 aliphatic carbocycles. The zero-order chi connectivity index (χ0) is 9.72. The van der Waals surface area contributed by atoms with E-state index in [9.17, 15) is 0 Å². The summed E-state index contributed by atoms with van der Waals surface area (Å²) in [7, 11) is 0. The van der Waals surface area contributed by atoms with Crippen LogP contribution in [-0.2, 0) is 0 Å². The molecule has 4 unspecified atom stereocenters. The normalized spacial score (nSPS) is 21.5. The monoisotopic (exact) mass is 262 g/mol.